The van der Waals surface area contributed by atoms with E-state index in [-0.39, 0.29) is 11.2 Å². The van der Waals surface area contributed by atoms with Gasteiger partial charge < -0.3 is 9.47 Å². The summed E-state index contributed by atoms with van der Waals surface area (Å²) < 4.78 is 12.0. The van der Waals surface area contributed by atoms with Gasteiger partial charge in [-0.05, 0) is 25.2 Å². The molecule has 0 N–H and O–H groups in total. The smallest absolute Gasteiger partial charge is 0.177 e. The van der Waals surface area contributed by atoms with E-state index in [4.69, 9.17) is 9.47 Å². The fraction of sp³-hybridized carbons (Fsp3) is 0.846. The first-order valence-electron chi connectivity index (χ1n) is 6.19. The van der Waals surface area contributed by atoms with E-state index in [1.54, 1.807) is 0 Å². The van der Waals surface area contributed by atoms with Crippen LogP contribution in [0.5, 0.6) is 0 Å². The Labute approximate surface area is 91.6 Å². The average molecular weight is 208 g/mol. The summed E-state index contributed by atoms with van der Waals surface area (Å²) in [7, 11) is 0. The highest BCUT2D eigenvalue weighted by Gasteiger charge is 2.71. The average Bonchev–Trinajstić information content (AvgIpc) is 2.73. The van der Waals surface area contributed by atoms with Gasteiger partial charge in [0.05, 0.1) is 13.2 Å². The maximum absolute atomic E-state index is 6.00. The van der Waals surface area contributed by atoms with Crippen molar-refractivity contribution in [1.82, 2.24) is 0 Å². The van der Waals surface area contributed by atoms with E-state index < -0.39 is 0 Å². The second-order valence-corrected chi connectivity index (χ2v) is 5.29. The first-order valence-corrected chi connectivity index (χ1v) is 6.19. The fourth-order valence-corrected chi connectivity index (χ4v) is 4.05. The molecule has 0 aromatic carbocycles. The molecule has 0 aromatic heterocycles. The zero-order valence-electron chi connectivity index (χ0n) is 9.66. The van der Waals surface area contributed by atoms with E-state index in [1.807, 2.05) is 0 Å². The fourth-order valence-electron chi connectivity index (χ4n) is 4.05. The summed E-state index contributed by atoms with van der Waals surface area (Å²) >= 11 is 0. The molecule has 3 atom stereocenters. The van der Waals surface area contributed by atoms with Crippen molar-refractivity contribution in [3.05, 3.63) is 12.2 Å². The van der Waals surface area contributed by atoms with E-state index in [1.165, 1.54) is 12.8 Å². The Morgan fingerprint density at radius 3 is 2.73 bits per heavy atom. The molecule has 2 aliphatic carbocycles. The molecule has 1 saturated carbocycles. The third-order valence-electron chi connectivity index (χ3n) is 4.78. The summed E-state index contributed by atoms with van der Waals surface area (Å²) in [6.07, 6.45) is 8.28. The van der Waals surface area contributed by atoms with Gasteiger partial charge in [-0.3, -0.25) is 0 Å². The van der Waals surface area contributed by atoms with Gasteiger partial charge in [0.15, 0.2) is 5.79 Å². The lowest BCUT2D eigenvalue weighted by atomic mass is 9.46. The third-order valence-corrected chi connectivity index (χ3v) is 4.78. The zero-order valence-corrected chi connectivity index (χ0v) is 9.66. The predicted octanol–water partition coefficient (Wildman–Crippen LogP) is 2.74. The Kier molecular flexibility index (Phi) is 2.02. The summed E-state index contributed by atoms with van der Waals surface area (Å²) in [5.74, 6) is 1.01. The van der Waals surface area contributed by atoms with Crippen molar-refractivity contribution in [1.29, 1.82) is 0 Å². The van der Waals surface area contributed by atoms with Gasteiger partial charge in [-0.15, -0.1) is 0 Å². The van der Waals surface area contributed by atoms with Crippen molar-refractivity contribution in [3.63, 3.8) is 0 Å². The van der Waals surface area contributed by atoms with E-state index in [0.717, 1.165) is 19.6 Å². The van der Waals surface area contributed by atoms with Gasteiger partial charge in [-0.2, -0.15) is 0 Å². The molecule has 2 heteroatoms. The van der Waals surface area contributed by atoms with Gasteiger partial charge in [0.1, 0.15) is 0 Å². The standard InChI is InChI=1S/C13H20O2/c1-3-10-11-6-4-5-7-12(11,2)13(10)14-8-9-15-13/h4,6,10-11H,3,5,7-9H2,1-2H3. The molecule has 1 spiro atoms. The third kappa shape index (κ3) is 0.974. The van der Waals surface area contributed by atoms with Crippen molar-refractivity contribution in [3.8, 4) is 0 Å². The number of allylic oxidation sites excluding steroid dienone is 2. The first kappa shape index (κ1) is 9.86. The maximum atomic E-state index is 6.00. The van der Waals surface area contributed by atoms with Crippen molar-refractivity contribution in [2.45, 2.75) is 38.9 Å². The second kappa shape index (κ2) is 3.08. The van der Waals surface area contributed by atoms with E-state index in [9.17, 15) is 0 Å². The van der Waals surface area contributed by atoms with Gasteiger partial charge >= 0.3 is 0 Å². The topological polar surface area (TPSA) is 18.5 Å². The summed E-state index contributed by atoms with van der Waals surface area (Å²) in [5.41, 5.74) is 0.235. The van der Waals surface area contributed by atoms with Crippen molar-refractivity contribution >= 4 is 0 Å². The summed E-state index contributed by atoms with van der Waals surface area (Å²) in [5, 5.41) is 0. The van der Waals surface area contributed by atoms with Crippen LogP contribution in [0.4, 0.5) is 0 Å². The maximum Gasteiger partial charge on any atom is 0.177 e. The van der Waals surface area contributed by atoms with Crippen LogP contribution in [0.15, 0.2) is 12.2 Å². The molecule has 1 aliphatic heterocycles. The molecule has 0 radical (unpaired) electrons. The minimum atomic E-state index is -0.239. The lowest BCUT2D eigenvalue weighted by molar-refractivity contribution is -0.358. The molecular formula is C13H20O2. The molecule has 3 rings (SSSR count). The van der Waals surface area contributed by atoms with Crippen LogP contribution < -0.4 is 0 Å². The highest BCUT2D eigenvalue weighted by atomic mass is 16.7. The molecule has 1 saturated heterocycles. The molecule has 1 heterocycles. The number of hydrogen-bond donors (Lipinski definition) is 0. The van der Waals surface area contributed by atoms with Crippen molar-refractivity contribution in [2.75, 3.05) is 13.2 Å². The molecule has 2 nitrogen and oxygen atoms in total. The minimum absolute atomic E-state index is 0.235. The van der Waals surface area contributed by atoms with Crippen LogP contribution in [0.25, 0.3) is 0 Å². The Morgan fingerprint density at radius 2 is 2.07 bits per heavy atom. The molecule has 15 heavy (non-hydrogen) atoms. The predicted molar refractivity (Wildman–Crippen MR) is 58.4 cm³/mol. The number of hydrogen-bond acceptors (Lipinski definition) is 2. The van der Waals surface area contributed by atoms with E-state index in [0.29, 0.717) is 11.8 Å². The van der Waals surface area contributed by atoms with Crippen LogP contribution in [0, 0.1) is 17.3 Å². The van der Waals surface area contributed by atoms with Crippen LogP contribution in [0.1, 0.15) is 33.1 Å². The van der Waals surface area contributed by atoms with Crippen LogP contribution in [-0.4, -0.2) is 19.0 Å². The molecule has 2 fully saturated rings. The summed E-state index contributed by atoms with van der Waals surface area (Å²) in [4.78, 5) is 0. The zero-order chi connectivity index (χ0) is 10.5. The van der Waals surface area contributed by atoms with Crippen molar-refractivity contribution in [2.24, 2.45) is 17.3 Å². The largest absolute Gasteiger partial charge is 0.347 e. The Morgan fingerprint density at radius 1 is 1.33 bits per heavy atom. The van der Waals surface area contributed by atoms with E-state index in [2.05, 4.69) is 26.0 Å². The number of rotatable bonds is 1. The molecule has 0 bridgehead atoms. The SMILES string of the molecule is CCC1C2C=CCCC2(C)C12OCCO2. The normalized spacial score (nSPS) is 46.5. The molecule has 3 unspecified atom stereocenters. The second-order valence-electron chi connectivity index (χ2n) is 5.29. The van der Waals surface area contributed by atoms with E-state index >= 15 is 0 Å². The molecular weight excluding hydrogens is 188 g/mol. The Bertz CT molecular complexity index is 291. The van der Waals surface area contributed by atoms with Crippen LogP contribution in [-0.2, 0) is 9.47 Å². The van der Waals surface area contributed by atoms with Crippen molar-refractivity contribution < 1.29 is 9.47 Å². The lowest BCUT2D eigenvalue weighted by Crippen LogP contribution is -2.69. The molecule has 0 aromatic rings. The highest BCUT2D eigenvalue weighted by Crippen LogP contribution is 2.67. The quantitative estimate of drug-likeness (QED) is 0.617. The van der Waals surface area contributed by atoms with Gasteiger partial charge in [-0.25, -0.2) is 0 Å². The molecule has 84 valence electrons. The monoisotopic (exact) mass is 208 g/mol. The molecule has 3 aliphatic rings. The highest BCUT2D eigenvalue weighted by molar-refractivity contribution is 5.21. The number of ether oxygens (including phenoxy) is 2. The first-order chi connectivity index (χ1) is 7.24. The number of fused-ring (bicyclic) bond motifs is 2. The van der Waals surface area contributed by atoms with Gasteiger partial charge in [0, 0.05) is 11.3 Å². The van der Waals surface area contributed by atoms with Gasteiger partial charge in [-0.1, -0.05) is 26.0 Å². The summed E-state index contributed by atoms with van der Waals surface area (Å²) in [6, 6.07) is 0. The van der Waals surface area contributed by atoms with Crippen LogP contribution >= 0.6 is 0 Å². The minimum Gasteiger partial charge on any atom is -0.347 e. The Balaban J connectivity index is 1.97. The van der Waals surface area contributed by atoms with Crippen LogP contribution in [0.2, 0.25) is 0 Å². The van der Waals surface area contributed by atoms with Crippen LogP contribution in [0.3, 0.4) is 0 Å². The Hall–Kier alpha value is -0.340. The van der Waals surface area contributed by atoms with Gasteiger partial charge in [0.25, 0.3) is 0 Å². The molecule has 0 amide bonds. The summed E-state index contributed by atoms with van der Waals surface area (Å²) in [6.45, 7) is 6.16. The van der Waals surface area contributed by atoms with Gasteiger partial charge in [0.2, 0.25) is 0 Å². The lowest BCUT2D eigenvalue weighted by Gasteiger charge is -2.65.